The first-order valence-corrected chi connectivity index (χ1v) is 13.3. The molecule has 1 aliphatic carbocycles. The lowest BCUT2D eigenvalue weighted by atomic mass is 9.90. The Labute approximate surface area is 234 Å². The van der Waals surface area contributed by atoms with Crippen LogP contribution < -0.4 is 25.3 Å². The van der Waals surface area contributed by atoms with Gasteiger partial charge in [0.05, 0.1) is 14.2 Å². The summed E-state index contributed by atoms with van der Waals surface area (Å²) >= 11 is 6.59. The number of carbonyl (C=O) groups excluding carboxylic acids is 2. The molecule has 1 aliphatic rings. The van der Waals surface area contributed by atoms with E-state index in [9.17, 15) is 9.59 Å². The maximum Gasteiger partial charge on any atom is 0.262 e. The van der Waals surface area contributed by atoms with Crippen molar-refractivity contribution in [2.24, 2.45) is 5.73 Å². The SMILES string of the molecule is COc1ccc(C(=O)N(Cc2cc(NC(=O)COc3ccccc3)ccc2Cl)C2CCC(N)CC2)cc1OC. The minimum absolute atomic E-state index is 0.000942. The van der Waals surface area contributed by atoms with Gasteiger partial charge in [0.2, 0.25) is 0 Å². The zero-order valence-corrected chi connectivity index (χ0v) is 22.9. The van der Waals surface area contributed by atoms with Crippen LogP contribution in [0.15, 0.2) is 66.7 Å². The molecule has 3 aromatic carbocycles. The van der Waals surface area contributed by atoms with Crippen LogP contribution in [0.25, 0.3) is 0 Å². The number of methoxy groups -OCH3 is 2. The molecule has 1 saturated carbocycles. The van der Waals surface area contributed by atoms with Gasteiger partial charge in [0, 0.05) is 34.9 Å². The third-order valence-corrected chi connectivity index (χ3v) is 7.23. The van der Waals surface area contributed by atoms with Crippen molar-refractivity contribution in [3.8, 4) is 17.2 Å². The van der Waals surface area contributed by atoms with Crippen molar-refractivity contribution >= 4 is 29.1 Å². The number of nitrogens with zero attached hydrogens (tertiary/aromatic N) is 1. The highest BCUT2D eigenvalue weighted by Crippen LogP contribution is 2.32. The third-order valence-electron chi connectivity index (χ3n) is 6.86. The molecular formula is C30H34ClN3O5. The van der Waals surface area contributed by atoms with Crippen LogP contribution in [0.3, 0.4) is 0 Å². The molecule has 3 aromatic rings. The molecule has 0 radical (unpaired) electrons. The highest BCUT2D eigenvalue weighted by atomic mass is 35.5. The molecule has 0 spiro atoms. The van der Waals surface area contributed by atoms with Crippen molar-refractivity contribution in [3.63, 3.8) is 0 Å². The largest absolute Gasteiger partial charge is 0.493 e. The molecule has 0 bridgehead atoms. The van der Waals surface area contributed by atoms with E-state index in [0.717, 1.165) is 31.2 Å². The van der Waals surface area contributed by atoms with Crippen molar-refractivity contribution in [2.45, 2.75) is 44.3 Å². The first kappa shape index (κ1) is 28.3. The first-order valence-electron chi connectivity index (χ1n) is 12.9. The third kappa shape index (κ3) is 7.43. The Morgan fingerprint density at radius 1 is 0.949 bits per heavy atom. The summed E-state index contributed by atoms with van der Waals surface area (Å²) in [7, 11) is 3.09. The summed E-state index contributed by atoms with van der Waals surface area (Å²) < 4.78 is 16.3. The highest BCUT2D eigenvalue weighted by Gasteiger charge is 2.29. The fraction of sp³-hybridized carbons (Fsp3) is 0.333. The maximum absolute atomic E-state index is 13.9. The molecule has 0 aromatic heterocycles. The number of benzene rings is 3. The lowest BCUT2D eigenvalue weighted by Gasteiger charge is -2.36. The van der Waals surface area contributed by atoms with Gasteiger partial charge < -0.3 is 30.2 Å². The van der Waals surface area contributed by atoms with Gasteiger partial charge in [0.1, 0.15) is 5.75 Å². The molecule has 0 atom stereocenters. The number of nitrogens with one attached hydrogen (secondary N) is 1. The predicted molar refractivity (Wildman–Crippen MR) is 152 cm³/mol. The topological polar surface area (TPSA) is 103 Å². The van der Waals surface area contributed by atoms with Crippen LogP contribution in [0.4, 0.5) is 5.69 Å². The van der Waals surface area contributed by atoms with Crippen LogP contribution in [0, 0.1) is 0 Å². The van der Waals surface area contributed by atoms with Gasteiger partial charge in [-0.3, -0.25) is 9.59 Å². The highest BCUT2D eigenvalue weighted by molar-refractivity contribution is 6.31. The summed E-state index contributed by atoms with van der Waals surface area (Å²) in [6, 6.07) is 19.7. The minimum Gasteiger partial charge on any atom is -0.493 e. The predicted octanol–water partition coefficient (Wildman–Crippen LogP) is 5.29. The fourth-order valence-corrected chi connectivity index (χ4v) is 4.91. The van der Waals surface area contributed by atoms with Gasteiger partial charge in [-0.05, 0) is 79.8 Å². The Balaban J connectivity index is 1.53. The Hall–Kier alpha value is -3.75. The number of ether oxygens (including phenoxy) is 3. The van der Waals surface area contributed by atoms with E-state index in [1.165, 1.54) is 7.11 Å². The normalized spacial score (nSPS) is 16.7. The summed E-state index contributed by atoms with van der Waals surface area (Å²) in [5.74, 6) is 1.20. The number of hydrogen-bond acceptors (Lipinski definition) is 6. The van der Waals surface area contributed by atoms with Crippen molar-refractivity contribution in [1.82, 2.24) is 4.90 Å². The molecule has 0 saturated heterocycles. The van der Waals surface area contributed by atoms with Crippen LogP contribution in [-0.4, -0.2) is 49.6 Å². The molecule has 0 heterocycles. The standard InChI is InChI=1S/C30H34ClN3O5/c1-37-27-15-8-20(17-28(27)38-2)30(36)34(24-12-9-22(32)10-13-24)18-21-16-23(11-14-26(21)31)33-29(35)19-39-25-6-4-3-5-7-25/h3-8,11,14-17,22,24H,9-10,12-13,18-19,32H2,1-2H3,(H,33,35). The summed E-state index contributed by atoms with van der Waals surface area (Å²) in [6.07, 6.45) is 3.27. The van der Waals surface area contributed by atoms with E-state index >= 15 is 0 Å². The van der Waals surface area contributed by atoms with Crippen LogP contribution >= 0.6 is 11.6 Å². The number of halogens is 1. The molecule has 2 amide bonds. The molecule has 3 N–H and O–H groups in total. The monoisotopic (exact) mass is 551 g/mol. The zero-order chi connectivity index (χ0) is 27.8. The van der Waals surface area contributed by atoms with E-state index in [4.69, 9.17) is 31.5 Å². The van der Waals surface area contributed by atoms with E-state index in [0.29, 0.717) is 33.5 Å². The summed E-state index contributed by atoms with van der Waals surface area (Å²) in [5.41, 5.74) is 7.93. The molecule has 0 aliphatic heterocycles. The van der Waals surface area contributed by atoms with E-state index < -0.39 is 0 Å². The summed E-state index contributed by atoms with van der Waals surface area (Å²) in [4.78, 5) is 28.2. The number of para-hydroxylation sites is 1. The number of amides is 2. The molecule has 39 heavy (non-hydrogen) atoms. The Bertz CT molecular complexity index is 1280. The Kier molecular flexibility index (Phi) is 9.68. The van der Waals surface area contributed by atoms with Crippen LogP contribution in [0.2, 0.25) is 5.02 Å². The minimum atomic E-state index is -0.299. The van der Waals surface area contributed by atoms with Crippen LogP contribution in [0.1, 0.15) is 41.6 Å². The number of nitrogens with two attached hydrogens (primary N) is 1. The van der Waals surface area contributed by atoms with E-state index in [2.05, 4.69) is 5.32 Å². The maximum atomic E-state index is 13.9. The van der Waals surface area contributed by atoms with Crippen LogP contribution in [0.5, 0.6) is 17.2 Å². The number of anilines is 1. The van der Waals surface area contributed by atoms with Gasteiger partial charge in [-0.1, -0.05) is 29.8 Å². The lowest BCUT2D eigenvalue weighted by molar-refractivity contribution is -0.118. The fourth-order valence-electron chi connectivity index (χ4n) is 4.73. The average molecular weight is 552 g/mol. The van der Waals surface area contributed by atoms with Crippen LogP contribution in [-0.2, 0) is 11.3 Å². The van der Waals surface area contributed by atoms with Gasteiger partial charge in [0.25, 0.3) is 11.8 Å². The van der Waals surface area contributed by atoms with Crippen molar-refractivity contribution < 1.29 is 23.8 Å². The van der Waals surface area contributed by atoms with E-state index in [-0.39, 0.29) is 37.0 Å². The molecule has 4 rings (SSSR count). The van der Waals surface area contributed by atoms with Gasteiger partial charge in [0.15, 0.2) is 18.1 Å². The quantitative estimate of drug-likeness (QED) is 0.355. The zero-order valence-electron chi connectivity index (χ0n) is 22.2. The van der Waals surface area contributed by atoms with E-state index in [1.807, 2.05) is 23.1 Å². The van der Waals surface area contributed by atoms with Crippen molar-refractivity contribution in [3.05, 3.63) is 82.9 Å². The number of carbonyl (C=O) groups is 2. The molecule has 1 fully saturated rings. The molecular weight excluding hydrogens is 518 g/mol. The molecule has 0 unspecified atom stereocenters. The second kappa shape index (κ2) is 13.4. The molecule has 9 heteroatoms. The molecule has 8 nitrogen and oxygen atoms in total. The van der Waals surface area contributed by atoms with Gasteiger partial charge in [-0.2, -0.15) is 0 Å². The smallest absolute Gasteiger partial charge is 0.262 e. The summed E-state index contributed by atoms with van der Waals surface area (Å²) in [5, 5.41) is 3.36. The van der Waals surface area contributed by atoms with Gasteiger partial charge >= 0.3 is 0 Å². The van der Waals surface area contributed by atoms with E-state index in [1.54, 1.807) is 55.6 Å². The first-order chi connectivity index (χ1) is 18.9. The number of rotatable bonds is 10. The number of hydrogen-bond donors (Lipinski definition) is 2. The van der Waals surface area contributed by atoms with Gasteiger partial charge in [-0.15, -0.1) is 0 Å². The average Bonchev–Trinajstić information content (AvgIpc) is 2.96. The Morgan fingerprint density at radius 2 is 1.67 bits per heavy atom. The van der Waals surface area contributed by atoms with Crippen molar-refractivity contribution in [1.29, 1.82) is 0 Å². The summed E-state index contributed by atoms with van der Waals surface area (Å²) in [6.45, 7) is 0.143. The second-order valence-corrected chi connectivity index (χ2v) is 9.93. The molecule has 206 valence electrons. The van der Waals surface area contributed by atoms with Gasteiger partial charge in [-0.25, -0.2) is 0 Å². The Morgan fingerprint density at radius 3 is 2.36 bits per heavy atom. The lowest BCUT2D eigenvalue weighted by Crippen LogP contribution is -2.44. The van der Waals surface area contributed by atoms with Crippen molar-refractivity contribution in [2.75, 3.05) is 26.1 Å². The second-order valence-electron chi connectivity index (χ2n) is 9.53.